The van der Waals surface area contributed by atoms with Gasteiger partial charge < -0.3 is 5.32 Å². The second-order valence-corrected chi connectivity index (χ2v) is 5.00. The van der Waals surface area contributed by atoms with Gasteiger partial charge in [-0.1, -0.05) is 6.07 Å². The highest BCUT2D eigenvalue weighted by molar-refractivity contribution is 5.36. The highest BCUT2D eigenvalue weighted by Crippen LogP contribution is 2.33. The van der Waals surface area contributed by atoms with E-state index in [9.17, 15) is 0 Å². The molecule has 2 rings (SSSR count). The van der Waals surface area contributed by atoms with Gasteiger partial charge in [-0.15, -0.1) is 0 Å². The lowest BCUT2D eigenvalue weighted by Gasteiger charge is -2.28. The number of hydrogen-bond acceptors (Lipinski definition) is 3. The van der Waals surface area contributed by atoms with Gasteiger partial charge in [-0.3, -0.25) is 4.90 Å². The van der Waals surface area contributed by atoms with Crippen molar-refractivity contribution in [3.8, 4) is 0 Å². The maximum absolute atomic E-state index is 4.47. The largest absolute Gasteiger partial charge is 0.370 e. The number of rotatable bonds is 4. The number of likely N-dealkylation sites (tertiary alicyclic amines) is 1. The average Bonchev–Trinajstić information content (AvgIpc) is 2.79. The first kappa shape index (κ1) is 12.4. The molecular formula is C14H23N3. The first-order valence-electron chi connectivity index (χ1n) is 6.68. The van der Waals surface area contributed by atoms with Gasteiger partial charge in [0.05, 0.1) is 0 Å². The molecular weight excluding hydrogens is 210 g/mol. The van der Waals surface area contributed by atoms with Crippen LogP contribution in [0.5, 0.6) is 0 Å². The Hall–Kier alpha value is -1.09. The van der Waals surface area contributed by atoms with Crippen LogP contribution in [0.1, 0.15) is 45.2 Å². The van der Waals surface area contributed by atoms with Crippen LogP contribution in [-0.4, -0.2) is 29.0 Å². The zero-order valence-corrected chi connectivity index (χ0v) is 11.1. The van der Waals surface area contributed by atoms with E-state index in [0.717, 1.165) is 12.4 Å². The molecule has 1 aliphatic heterocycles. The predicted molar refractivity (Wildman–Crippen MR) is 72.2 cm³/mol. The number of nitrogens with one attached hydrogen (secondary N) is 1. The van der Waals surface area contributed by atoms with Crippen molar-refractivity contribution in [2.75, 3.05) is 18.4 Å². The van der Waals surface area contributed by atoms with Crippen molar-refractivity contribution in [2.45, 2.75) is 45.7 Å². The van der Waals surface area contributed by atoms with Crippen molar-refractivity contribution in [2.24, 2.45) is 0 Å². The molecule has 3 nitrogen and oxygen atoms in total. The van der Waals surface area contributed by atoms with E-state index in [-0.39, 0.29) is 0 Å². The third-order valence-corrected chi connectivity index (χ3v) is 3.49. The first-order valence-corrected chi connectivity index (χ1v) is 6.68. The number of aromatic nitrogens is 1. The number of anilines is 1. The molecule has 0 amide bonds. The summed E-state index contributed by atoms with van der Waals surface area (Å²) < 4.78 is 0. The van der Waals surface area contributed by atoms with Gasteiger partial charge in [-0.2, -0.15) is 0 Å². The molecule has 94 valence electrons. The Balaban J connectivity index is 2.11. The van der Waals surface area contributed by atoms with Crippen molar-refractivity contribution in [1.29, 1.82) is 0 Å². The minimum atomic E-state index is 0.568. The highest BCUT2D eigenvalue weighted by atomic mass is 15.2. The number of hydrogen-bond donors (Lipinski definition) is 1. The Morgan fingerprint density at radius 2 is 2.29 bits per heavy atom. The Morgan fingerprint density at radius 3 is 2.88 bits per heavy atom. The van der Waals surface area contributed by atoms with Crippen molar-refractivity contribution in [3.05, 3.63) is 23.9 Å². The molecule has 0 radical (unpaired) electrons. The summed E-state index contributed by atoms with van der Waals surface area (Å²) in [7, 11) is 0. The molecule has 1 aliphatic rings. The van der Waals surface area contributed by atoms with Gasteiger partial charge in [0.15, 0.2) is 0 Å². The second-order valence-electron chi connectivity index (χ2n) is 5.00. The number of pyridine rings is 1. The minimum absolute atomic E-state index is 0.568. The second kappa shape index (κ2) is 5.50. The topological polar surface area (TPSA) is 28.2 Å². The summed E-state index contributed by atoms with van der Waals surface area (Å²) in [6, 6.07) is 5.50. The van der Waals surface area contributed by atoms with Crippen LogP contribution in [-0.2, 0) is 0 Å². The maximum Gasteiger partial charge on any atom is 0.125 e. The molecule has 0 aromatic carbocycles. The molecule has 1 atom stereocenters. The Labute approximate surface area is 104 Å². The molecule has 1 aromatic heterocycles. The van der Waals surface area contributed by atoms with E-state index >= 15 is 0 Å². The summed E-state index contributed by atoms with van der Waals surface area (Å²) in [5, 5.41) is 3.23. The van der Waals surface area contributed by atoms with Crippen molar-refractivity contribution in [3.63, 3.8) is 0 Å². The van der Waals surface area contributed by atoms with Gasteiger partial charge >= 0.3 is 0 Å². The van der Waals surface area contributed by atoms with Crippen LogP contribution < -0.4 is 5.32 Å². The minimum Gasteiger partial charge on any atom is -0.370 e. The molecule has 1 aromatic rings. The summed E-state index contributed by atoms with van der Waals surface area (Å²) >= 11 is 0. The SMILES string of the molecule is CCNc1ccc(C2CCCN2C(C)C)cn1. The molecule has 0 saturated carbocycles. The van der Waals surface area contributed by atoms with Crippen LogP contribution in [0.3, 0.4) is 0 Å². The summed E-state index contributed by atoms with van der Waals surface area (Å²) in [6.07, 6.45) is 4.60. The average molecular weight is 233 g/mol. The lowest BCUT2D eigenvalue weighted by molar-refractivity contribution is 0.205. The van der Waals surface area contributed by atoms with E-state index in [1.165, 1.54) is 24.9 Å². The Kier molecular flexibility index (Phi) is 4.00. The molecule has 0 bridgehead atoms. The lowest BCUT2D eigenvalue weighted by Crippen LogP contribution is -2.30. The fraction of sp³-hybridized carbons (Fsp3) is 0.643. The number of nitrogens with zero attached hydrogens (tertiary/aromatic N) is 2. The Bertz CT molecular complexity index is 345. The third kappa shape index (κ3) is 2.78. The zero-order chi connectivity index (χ0) is 12.3. The first-order chi connectivity index (χ1) is 8.22. The van der Waals surface area contributed by atoms with Gasteiger partial charge in [0.1, 0.15) is 5.82 Å². The summed E-state index contributed by atoms with van der Waals surface area (Å²) in [6.45, 7) is 8.79. The molecule has 17 heavy (non-hydrogen) atoms. The van der Waals surface area contributed by atoms with Crippen molar-refractivity contribution < 1.29 is 0 Å². The van der Waals surface area contributed by atoms with Crippen LogP contribution in [0.2, 0.25) is 0 Å². The highest BCUT2D eigenvalue weighted by Gasteiger charge is 2.27. The van der Waals surface area contributed by atoms with Crippen LogP contribution in [0, 0.1) is 0 Å². The van der Waals surface area contributed by atoms with E-state index < -0.39 is 0 Å². The van der Waals surface area contributed by atoms with Gasteiger partial charge in [0, 0.05) is 24.8 Å². The molecule has 1 unspecified atom stereocenters. The molecule has 3 heteroatoms. The van der Waals surface area contributed by atoms with E-state index in [0.29, 0.717) is 12.1 Å². The van der Waals surface area contributed by atoms with E-state index in [1.54, 1.807) is 0 Å². The van der Waals surface area contributed by atoms with Crippen molar-refractivity contribution in [1.82, 2.24) is 9.88 Å². The van der Waals surface area contributed by atoms with E-state index in [2.05, 4.69) is 48.1 Å². The third-order valence-electron chi connectivity index (χ3n) is 3.49. The fourth-order valence-electron chi connectivity index (χ4n) is 2.65. The summed E-state index contributed by atoms with van der Waals surface area (Å²) in [5.74, 6) is 0.977. The van der Waals surface area contributed by atoms with Gasteiger partial charge in [0.25, 0.3) is 0 Å². The smallest absolute Gasteiger partial charge is 0.125 e. The van der Waals surface area contributed by atoms with Crippen LogP contribution in [0.15, 0.2) is 18.3 Å². The summed E-state index contributed by atoms with van der Waals surface area (Å²) in [4.78, 5) is 7.04. The van der Waals surface area contributed by atoms with Crippen LogP contribution >= 0.6 is 0 Å². The van der Waals surface area contributed by atoms with Gasteiger partial charge in [-0.25, -0.2) is 4.98 Å². The molecule has 1 fully saturated rings. The predicted octanol–water partition coefficient (Wildman–Crippen LogP) is 3.06. The monoisotopic (exact) mass is 233 g/mol. The van der Waals surface area contributed by atoms with Crippen LogP contribution in [0.4, 0.5) is 5.82 Å². The van der Waals surface area contributed by atoms with Gasteiger partial charge in [-0.05, 0) is 51.8 Å². The normalized spacial score (nSPS) is 21.1. The quantitative estimate of drug-likeness (QED) is 0.866. The van der Waals surface area contributed by atoms with Gasteiger partial charge in [0.2, 0.25) is 0 Å². The van der Waals surface area contributed by atoms with Crippen LogP contribution in [0.25, 0.3) is 0 Å². The molecule has 1 N–H and O–H groups in total. The standard InChI is InChI=1S/C14H23N3/c1-4-15-14-8-7-12(10-16-14)13-6-5-9-17(13)11(2)3/h7-8,10-11,13H,4-6,9H2,1-3H3,(H,15,16). The molecule has 0 spiro atoms. The molecule has 1 saturated heterocycles. The van der Waals surface area contributed by atoms with E-state index in [1.807, 2.05) is 6.20 Å². The van der Waals surface area contributed by atoms with Crippen molar-refractivity contribution >= 4 is 5.82 Å². The molecule has 2 heterocycles. The fourth-order valence-corrected chi connectivity index (χ4v) is 2.65. The maximum atomic E-state index is 4.47. The Morgan fingerprint density at radius 1 is 1.47 bits per heavy atom. The molecule has 0 aliphatic carbocycles. The lowest BCUT2D eigenvalue weighted by atomic mass is 10.1. The summed E-state index contributed by atoms with van der Waals surface area (Å²) in [5.41, 5.74) is 1.36. The zero-order valence-electron chi connectivity index (χ0n) is 11.1. The van der Waals surface area contributed by atoms with E-state index in [4.69, 9.17) is 0 Å².